The van der Waals surface area contributed by atoms with Gasteiger partial charge in [-0.3, -0.25) is 0 Å². The molecule has 6 heteroatoms. The lowest BCUT2D eigenvalue weighted by atomic mass is 10.0. The molecule has 102 valence electrons. The van der Waals surface area contributed by atoms with Crippen molar-refractivity contribution >= 4 is 28.9 Å². The molecule has 1 aromatic carbocycles. The zero-order chi connectivity index (χ0) is 13.8. The number of aryl methyl sites for hydroxylation is 1. The van der Waals surface area contributed by atoms with E-state index in [2.05, 4.69) is 26.0 Å². The molecule has 0 saturated carbocycles. The number of nitrogens with two attached hydrogens (primary N) is 1. The van der Waals surface area contributed by atoms with Gasteiger partial charge in [-0.05, 0) is 53.2 Å². The second kappa shape index (κ2) is 7.04. The third-order valence-electron chi connectivity index (χ3n) is 2.38. The van der Waals surface area contributed by atoms with Crippen LogP contribution in [0, 0.1) is 6.92 Å². The lowest BCUT2D eigenvalue weighted by Crippen LogP contribution is -2.06. The van der Waals surface area contributed by atoms with E-state index in [1.807, 2.05) is 13.0 Å². The van der Waals surface area contributed by atoms with Crippen LogP contribution < -0.4 is 5.73 Å². The maximum Gasteiger partial charge on any atom is 0.249 e. The topological polar surface area (TPSA) is 55.5 Å². The van der Waals surface area contributed by atoms with Crippen LogP contribution in [-0.4, -0.2) is 18.0 Å². The predicted molar refractivity (Wildman–Crippen MR) is 82.6 cm³/mol. The smallest absolute Gasteiger partial charge is 0.249 e. The fourth-order valence-electron chi connectivity index (χ4n) is 1.52. The van der Waals surface area contributed by atoms with Crippen molar-refractivity contribution in [2.45, 2.75) is 31.6 Å². The van der Waals surface area contributed by atoms with Crippen LogP contribution in [0.2, 0.25) is 0 Å². The Morgan fingerprint density at radius 2 is 2.17 bits per heavy atom. The molecule has 0 aliphatic carbocycles. The van der Waals surface area contributed by atoms with E-state index in [-0.39, 0.29) is 0 Å². The first kappa shape index (κ1) is 16.2. The molecule has 0 bridgehead atoms. The molecule has 0 amide bonds. The van der Waals surface area contributed by atoms with Crippen molar-refractivity contribution in [3.05, 3.63) is 29.3 Å². The minimum atomic E-state index is -2.85. The van der Waals surface area contributed by atoms with Gasteiger partial charge in [0, 0.05) is 11.4 Å². The van der Waals surface area contributed by atoms with Crippen LogP contribution >= 0.6 is 17.1 Å². The van der Waals surface area contributed by atoms with Crippen LogP contribution in [0.1, 0.15) is 30.9 Å². The predicted octanol–water partition coefficient (Wildman–Crippen LogP) is 3.40. The van der Waals surface area contributed by atoms with Gasteiger partial charge < -0.3 is 15.2 Å². The first-order valence-corrected chi connectivity index (χ1v) is 9.92. The summed E-state index contributed by atoms with van der Waals surface area (Å²) in [7, 11) is 0. The summed E-state index contributed by atoms with van der Waals surface area (Å²) in [5.41, 5.74) is 4.84. The monoisotopic (exact) mass is 305 g/mol. The Labute approximate surface area is 118 Å². The van der Waals surface area contributed by atoms with E-state index in [1.165, 1.54) is 16.9 Å². The number of hydrogen-bond donors (Lipinski definition) is 2. The van der Waals surface area contributed by atoms with Crippen molar-refractivity contribution in [1.82, 2.24) is 0 Å². The average Bonchev–Trinajstić information content (AvgIpc) is 2.25. The molecule has 1 unspecified atom stereocenters. The molecule has 0 saturated heterocycles. The molecule has 1 rings (SSSR count). The van der Waals surface area contributed by atoms with Gasteiger partial charge in [-0.25, -0.2) is 0 Å². The molecule has 0 radical (unpaired) electrons. The largest absolute Gasteiger partial charge is 0.337 e. The van der Waals surface area contributed by atoms with Gasteiger partial charge in [0.15, 0.2) is 0 Å². The Hall–Kier alpha value is 0.1000. The summed E-state index contributed by atoms with van der Waals surface area (Å²) >= 11 is 6.39. The van der Waals surface area contributed by atoms with E-state index < -0.39 is 5.69 Å². The highest BCUT2D eigenvalue weighted by molar-refractivity contribution is 8.67. The molecule has 3 N–H and O–H groups in total. The molecule has 3 nitrogen and oxygen atoms in total. The summed E-state index contributed by atoms with van der Waals surface area (Å²) < 4.78 is 5.28. The molecule has 0 heterocycles. The number of rotatable bonds is 6. The standard InChI is InChI=1S/C12H20NO2PS2/c1-9(2)11-5-4-10(3)8-12(11)18-16(14,17)15-7-6-13/h4-5,8-9H,6-7,13H2,1-3H3,(H,14,17). The molecule has 1 aromatic rings. The molecule has 0 aliphatic heterocycles. The molecule has 0 aromatic heterocycles. The Morgan fingerprint density at radius 3 is 2.72 bits per heavy atom. The van der Waals surface area contributed by atoms with E-state index in [0.29, 0.717) is 19.1 Å². The highest BCUT2D eigenvalue weighted by Crippen LogP contribution is 2.60. The highest BCUT2D eigenvalue weighted by Gasteiger charge is 2.19. The lowest BCUT2D eigenvalue weighted by molar-refractivity contribution is 0.330. The van der Waals surface area contributed by atoms with Gasteiger partial charge in [-0.2, -0.15) is 0 Å². The van der Waals surface area contributed by atoms with E-state index in [1.54, 1.807) is 0 Å². The van der Waals surface area contributed by atoms with Gasteiger partial charge in [0.1, 0.15) is 0 Å². The van der Waals surface area contributed by atoms with Crippen molar-refractivity contribution in [3.63, 3.8) is 0 Å². The Bertz CT molecular complexity index is 452. The Balaban J connectivity index is 2.95. The van der Waals surface area contributed by atoms with Crippen molar-refractivity contribution in [1.29, 1.82) is 0 Å². The van der Waals surface area contributed by atoms with Crippen LogP contribution in [0.4, 0.5) is 0 Å². The SMILES string of the molecule is Cc1ccc(C(C)C)c(SP(O)(=S)OCCN)c1. The van der Waals surface area contributed by atoms with Crippen molar-refractivity contribution < 1.29 is 9.42 Å². The Morgan fingerprint density at radius 1 is 1.50 bits per heavy atom. The summed E-state index contributed by atoms with van der Waals surface area (Å²) in [6, 6.07) is 6.20. The summed E-state index contributed by atoms with van der Waals surface area (Å²) in [6.45, 7) is 6.93. The van der Waals surface area contributed by atoms with Gasteiger partial charge in [0.2, 0.25) is 5.69 Å². The second-order valence-corrected chi connectivity index (χ2v) is 10.4. The van der Waals surface area contributed by atoms with Crippen LogP contribution in [0.3, 0.4) is 0 Å². The molecular weight excluding hydrogens is 285 g/mol. The average molecular weight is 305 g/mol. The Kier molecular flexibility index (Phi) is 6.31. The fourth-order valence-corrected chi connectivity index (χ4v) is 5.35. The molecular formula is C12H20NO2PS2. The zero-order valence-corrected chi connectivity index (χ0v) is 13.4. The quantitative estimate of drug-likeness (QED) is 0.789. The van der Waals surface area contributed by atoms with Gasteiger partial charge >= 0.3 is 0 Å². The molecule has 0 fully saturated rings. The maximum absolute atomic E-state index is 10.1. The number of hydrogen-bond acceptors (Lipinski definition) is 4. The third kappa shape index (κ3) is 5.00. The molecule has 0 aliphatic rings. The zero-order valence-electron chi connectivity index (χ0n) is 10.9. The number of benzene rings is 1. The van der Waals surface area contributed by atoms with E-state index in [9.17, 15) is 4.89 Å². The van der Waals surface area contributed by atoms with Gasteiger partial charge in [0.25, 0.3) is 0 Å². The molecule has 1 atom stereocenters. The van der Waals surface area contributed by atoms with E-state index >= 15 is 0 Å². The second-order valence-electron chi connectivity index (χ2n) is 4.38. The van der Waals surface area contributed by atoms with Crippen LogP contribution in [0.25, 0.3) is 0 Å². The van der Waals surface area contributed by atoms with Crippen molar-refractivity contribution in [2.75, 3.05) is 13.2 Å². The lowest BCUT2D eigenvalue weighted by Gasteiger charge is -2.18. The summed E-state index contributed by atoms with van der Waals surface area (Å²) in [4.78, 5) is 11.1. The highest BCUT2D eigenvalue weighted by atomic mass is 32.9. The first-order valence-electron chi connectivity index (χ1n) is 5.83. The van der Waals surface area contributed by atoms with E-state index in [4.69, 9.17) is 22.1 Å². The molecule has 0 spiro atoms. The minimum Gasteiger partial charge on any atom is -0.337 e. The normalized spacial score (nSPS) is 14.8. The van der Waals surface area contributed by atoms with Crippen LogP contribution in [0.15, 0.2) is 23.1 Å². The van der Waals surface area contributed by atoms with Crippen molar-refractivity contribution in [3.8, 4) is 0 Å². The summed E-state index contributed by atoms with van der Waals surface area (Å²) in [5, 5.41) is 0. The summed E-state index contributed by atoms with van der Waals surface area (Å²) in [5.74, 6) is 0.387. The summed E-state index contributed by atoms with van der Waals surface area (Å²) in [6.07, 6.45) is 0. The first-order chi connectivity index (χ1) is 8.35. The van der Waals surface area contributed by atoms with Gasteiger partial charge in [-0.1, -0.05) is 26.0 Å². The van der Waals surface area contributed by atoms with Crippen molar-refractivity contribution in [2.24, 2.45) is 5.73 Å². The fraction of sp³-hybridized carbons (Fsp3) is 0.500. The van der Waals surface area contributed by atoms with Gasteiger partial charge in [0.05, 0.1) is 6.61 Å². The maximum atomic E-state index is 10.1. The molecule has 18 heavy (non-hydrogen) atoms. The van der Waals surface area contributed by atoms with E-state index in [0.717, 1.165) is 10.5 Å². The minimum absolute atomic E-state index is 0.295. The van der Waals surface area contributed by atoms with Crippen LogP contribution in [0.5, 0.6) is 0 Å². The third-order valence-corrected chi connectivity index (χ3v) is 6.25. The van der Waals surface area contributed by atoms with Gasteiger partial charge in [-0.15, -0.1) is 0 Å². The van der Waals surface area contributed by atoms with Crippen LogP contribution in [-0.2, 0) is 16.3 Å².